The van der Waals surface area contributed by atoms with Crippen LogP contribution in [0, 0.1) is 0 Å². The van der Waals surface area contributed by atoms with Crippen molar-refractivity contribution < 1.29 is 33.3 Å². The van der Waals surface area contributed by atoms with Gasteiger partial charge in [0.05, 0.1) is 6.04 Å². The van der Waals surface area contributed by atoms with E-state index < -0.39 is 29.1 Å². The van der Waals surface area contributed by atoms with Gasteiger partial charge in [0.25, 0.3) is 0 Å². The zero-order chi connectivity index (χ0) is 20.1. The van der Waals surface area contributed by atoms with Gasteiger partial charge in [-0.1, -0.05) is 12.2 Å². The first-order valence-corrected chi connectivity index (χ1v) is 9.59. The molecule has 3 saturated heterocycles. The van der Waals surface area contributed by atoms with Crippen molar-refractivity contribution in [2.45, 2.75) is 57.0 Å². The third-order valence-corrected chi connectivity index (χ3v) is 6.25. The first-order chi connectivity index (χ1) is 13.3. The monoisotopic (exact) mass is 391 g/mol. The van der Waals surface area contributed by atoms with Crippen molar-refractivity contribution in [1.82, 2.24) is 4.90 Å². The molecule has 4 aliphatic heterocycles. The molecule has 4 atom stereocenters. The fourth-order valence-corrected chi connectivity index (χ4v) is 4.46. The molecule has 4 heterocycles. The minimum absolute atomic E-state index is 0.0481. The van der Waals surface area contributed by atoms with Crippen LogP contribution in [0.1, 0.15) is 33.6 Å². The quantitative estimate of drug-likeness (QED) is 0.225. The van der Waals surface area contributed by atoms with E-state index in [0.717, 1.165) is 25.1 Å². The molecule has 0 N–H and O–H groups in total. The van der Waals surface area contributed by atoms with E-state index in [-0.39, 0.29) is 31.8 Å². The topological polar surface area (TPSA) is 94.7 Å². The molecule has 8 nitrogen and oxygen atoms in total. The van der Waals surface area contributed by atoms with Crippen molar-refractivity contribution in [2.75, 3.05) is 26.3 Å². The molecular weight excluding hydrogens is 366 g/mol. The molecule has 0 aromatic carbocycles. The fraction of sp³-hybridized carbons (Fsp3) is 0.650. The average molecular weight is 391 g/mol. The van der Waals surface area contributed by atoms with Crippen LogP contribution in [0.4, 0.5) is 0 Å². The molecule has 8 heteroatoms. The molecule has 0 aromatic heterocycles. The van der Waals surface area contributed by atoms with E-state index in [2.05, 4.69) is 4.90 Å². The van der Waals surface area contributed by atoms with Crippen LogP contribution in [-0.4, -0.2) is 72.5 Å². The summed E-state index contributed by atoms with van der Waals surface area (Å²) in [6, 6.07) is -0.0481. The number of carbonyl (C=O) groups is 3. The van der Waals surface area contributed by atoms with E-state index in [1.807, 2.05) is 6.08 Å². The minimum Gasteiger partial charge on any atom is -0.463 e. The van der Waals surface area contributed by atoms with E-state index >= 15 is 0 Å². The Morgan fingerprint density at radius 2 is 2.21 bits per heavy atom. The number of fused-ring (bicyclic) bond motifs is 1. The van der Waals surface area contributed by atoms with Gasteiger partial charge in [-0.15, -0.1) is 0 Å². The van der Waals surface area contributed by atoms with Gasteiger partial charge >= 0.3 is 17.9 Å². The number of hydrogen-bond donors (Lipinski definition) is 0. The maximum atomic E-state index is 12.9. The third kappa shape index (κ3) is 2.95. The van der Waals surface area contributed by atoms with Gasteiger partial charge in [0.1, 0.15) is 24.9 Å². The second-order valence-electron chi connectivity index (χ2n) is 7.93. The van der Waals surface area contributed by atoms with Gasteiger partial charge in [-0.05, 0) is 25.8 Å². The number of hydrogen-bond acceptors (Lipinski definition) is 8. The average Bonchev–Trinajstić information content (AvgIpc) is 2.96. The molecule has 4 rings (SSSR count). The molecule has 28 heavy (non-hydrogen) atoms. The Bertz CT molecular complexity index is 787. The minimum atomic E-state index is -1.29. The van der Waals surface area contributed by atoms with Gasteiger partial charge in [0.15, 0.2) is 5.60 Å². The highest BCUT2D eigenvalue weighted by atomic mass is 16.7. The van der Waals surface area contributed by atoms with Crippen LogP contribution in [0.15, 0.2) is 23.3 Å². The lowest BCUT2D eigenvalue weighted by Gasteiger charge is -2.26. The summed E-state index contributed by atoms with van der Waals surface area (Å²) in [4.78, 5) is 39.2. The standard InChI is InChI=1S/C20H25NO7/c1-4-13-9-20(11-26-12(2)22)19(3,28-20)18(24)25-10-14-5-7-21-8-6-15(16(14)21)27-17(13)23/h4-5,15-16H,6-11H2,1-3H3/b13-4-/t15-,16-,19+,20-/m1/s1. The SMILES string of the molecule is C/C=C1/C[C@]2(COC(C)=O)O[C@@]2(C)C(=O)OCC2=CCN3CC[C@@H](OC1=O)[C@@H]23. The molecular formula is C20H25NO7. The molecule has 3 fully saturated rings. The summed E-state index contributed by atoms with van der Waals surface area (Å²) in [6.45, 7) is 6.21. The van der Waals surface area contributed by atoms with E-state index in [0.29, 0.717) is 5.57 Å². The Labute approximate surface area is 163 Å². The van der Waals surface area contributed by atoms with Gasteiger partial charge in [-0.3, -0.25) is 9.69 Å². The molecule has 4 aliphatic rings. The molecule has 0 spiro atoms. The van der Waals surface area contributed by atoms with Crippen LogP contribution < -0.4 is 0 Å². The molecule has 0 bridgehead atoms. The first kappa shape index (κ1) is 19.1. The van der Waals surface area contributed by atoms with Crippen LogP contribution in [0.3, 0.4) is 0 Å². The number of carbonyl (C=O) groups excluding carboxylic acids is 3. The van der Waals surface area contributed by atoms with Crippen LogP contribution in [-0.2, 0) is 33.3 Å². The highest BCUT2D eigenvalue weighted by molar-refractivity contribution is 5.90. The summed E-state index contributed by atoms with van der Waals surface area (Å²) in [5, 5.41) is 0. The third-order valence-electron chi connectivity index (χ3n) is 6.25. The molecule has 0 amide bonds. The van der Waals surface area contributed by atoms with Gasteiger partial charge in [-0.2, -0.15) is 0 Å². The Hall–Kier alpha value is -2.19. The summed E-state index contributed by atoms with van der Waals surface area (Å²) in [5.41, 5.74) is -1.09. The molecule has 0 aliphatic carbocycles. The summed E-state index contributed by atoms with van der Waals surface area (Å²) in [6.07, 6.45) is 4.26. The maximum absolute atomic E-state index is 12.9. The van der Waals surface area contributed by atoms with Crippen LogP contribution in [0.2, 0.25) is 0 Å². The molecule has 0 unspecified atom stereocenters. The Morgan fingerprint density at radius 3 is 2.93 bits per heavy atom. The second kappa shape index (κ2) is 6.70. The lowest BCUT2D eigenvalue weighted by molar-refractivity contribution is -0.150. The highest BCUT2D eigenvalue weighted by Gasteiger charge is 2.73. The zero-order valence-electron chi connectivity index (χ0n) is 16.4. The Balaban J connectivity index is 1.64. The number of cyclic esters (lactones) is 1. The largest absolute Gasteiger partial charge is 0.463 e. The smallest absolute Gasteiger partial charge is 0.341 e. The number of nitrogens with zero attached hydrogens (tertiary/aromatic N) is 1. The summed E-state index contributed by atoms with van der Waals surface area (Å²) < 4.78 is 22.3. The van der Waals surface area contributed by atoms with E-state index in [9.17, 15) is 14.4 Å². The fourth-order valence-electron chi connectivity index (χ4n) is 4.46. The van der Waals surface area contributed by atoms with Gasteiger partial charge in [0, 0.05) is 32.0 Å². The normalized spacial score (nSPS) is 39.1. The predicted molar refractivity (Wildman–Crippen MR) is 96.1 cm³/mol. The number of epoxide rings is 1. The van der Waals surface area contributed by atoms with Crippen LogP contribution in [0.25, 0.3) is 0 Å². The van der Waals surface area contributed by atoms with E-state index in [1.165, 1.54) is 6.92 Å². The lowest BCUT2D eigenvalue weighted by Crippen LogP contribution is -2.41. The summed E-state index contributed by atoms with van der Waals surface area (Å²) in [5.74, 6) is -1.42. The van der Waals surface area contributed by atoms with Crippen molar-refractivity contribution in [1.29, 1.82) is 0 Å². The van der Waals surface area contributed by atoms with E-state index in [1.54, 1.807) is 19.9 Å². The summed E-state index contributed by atoms with van der Waals surface area (Å²) in [7, 11) is 0. The molecule has 0 aromatic rings. The summed E-state index contributed by atoms with van der Waals surface area (Å²) >= 11 is 0. The van der Waals surface area contributed by atoms with Crippen molar-refractivity contribution in [3.8, 4) is 0 Å². The van der Waals surface area contributed by atoms with Gasteiger partial charge in [0.2, 0.25) is 0 Å². The Morgan fingerprint density at radius 1 is 1.43 bits per heavy atom. The lowest BCUT2D eigenvalue weighted by atomic mass is 9.88. The van der Waals surface area contributed by atoms with Crippen molar-refractivity contribution in [3.63, 3.8) is 0 Å². The van der Waals surface area contributed by atoms with Gasteiger partial charge < -0.3 is 18.9 Å². The molecule has 152 valence electrons. The van der Waals surface area contributed by atoms with E-state index in [4.69, 9.17) is 18.9 Å². The molecule has 0 saturated carbocycles. The van der Waals surface area contributed by atoms with Gasteiger partial charge in [-0.25, -0.2) is 9.59 Å². The van der Waals surface area contributed by atoms with Crippen molar-refractivity contribution in [3.05, 3.63) is 23.3 Å². The highest BCUT2D eigenvalue weighted by Crippen LogP contribution is 2.53. The Kier molecular flexibility index (Phi) is 4.58. The predicted octanol–water partition coefficient (Wildman–Crippen LogP) is 0.896. The number of esters is 3. The number of rotatable bonds is 2. The van der Waals surface area contributed by atoms with Crippen LogP contribution in [0.5, 0.6) is 0 Å². The van der Waals surface area contributed by atoms with Crippen molar-refractivity contribution >= 4 is 17.9 Å². The first-order valence-electron chi connectivity index (χ1n) is 9.59. The number of ether oxygens (including phenoxy) is 4. The molecule has 0 radical (unpaired) electrons. The van der Waals surface area contributed by atoms with Crippen LogP contribution >= 0.6 is 0 Å². The zero-order valence-corrected chi connectivity index (χ0v) is 16.4. The maximum Gasteiger partial charge on any atom is 0.341 e. The van der Waals surface area contributed by atoms with Crippen molar-refractivity contribution in [2.24, 2.45) is 0 Å². The number of allylic oxidation sites excluding steroid dienone is 1. The second-order valence-corrected chi connectivity index (χ2v) is 7.93.